The zero-order chi connectivity index (χ0) is 38.6. The summed E-state index contributed by atoms with van der Waals surface area (Å²) in [5.74, 6) is 1.53. The second-order valence-corrected chi connectivity index (χ2v) is 15.7. The highest BCUT2D eigenvalue weighted by Crippen LogP contribution is 2.45. The quantitative estimate of drug-likeness (QED) is 0.168. The van der Waals surface area contributed by atoms with Gasteiger partial charge in [0.05, 0.1) is 16.7 Å². The van der Waals surface area contributed by atoms with Crippen molar-refractivity contribution in [2.24, 2.45) is 0 Å². The summed E-state index contributed by atoms with van der Waals surface area (Å²) in [5.41, 5.74) is 7.43. The molecule has 13 rings (SSSR count). The Bertz CT molecular complexity index is 3780. The van der Waals surface area contributed by atoms with Crippen LogP contribution in [-0.2, 0) is 0 Å². The lowest BCUT2D eigenvalue weighted by Gasteiger charge is -2.17. The minimum Gasteiger partial charge on any atom is -0.294 e. The highest BCUT2D eigenvalue weighted by Gasteiger charge is 2.19. The lowest BCUT2D eigenvalue weighted by atomic mass is 9.86. The first kappa shape index (κ1) is 32.2. The van der Waals surface area contributed by atoms with Crippen molar-refractivity contribution in [2.75, 3.05) is 0 Å². The molecule has 3 nitrogen and oxygen atoms in total. The number of nitrogens with zero attached hydrogens (tertiary/aromatic N) is 3. The number of benzene rings is 10. The van der Waals surface area contributed by atoms with E-state index in [1.54, 1.807) is 0 Å². The lowest BCUT2D eigenvalue weighted by Crippen LogP contribution is -2.02. The molecule has 59 heavy (non-hydrogen) atoms. The minimum absolute atomic E-state index is 0.693. The molecule has 3 heteroatoms. The zero-order valence-electron chi connectivity index (χ0n) is 31.9. The molecule has 0 aliphatic carbocycles. The smallest absolute Gasteiger partial charge is 0.162 e. The van der Waals surface area contributed by atoms with Crippen LogP contribution in [0.15, 0.2) is 200 Å². The maximum absolute atomic E-state index is 5.27. The predicted octanol–water partition coefficient (Wildman–Crippen LogP) is 14.9. The van der Waals surface area contributed by atoms with E-state index in [0.29, 0.717) is 5.82 Å². The van der Waals surface area contributed by atoms with Crippen molar-refractivity contribution in [2.45, 2.75) is 0 Å². The van der Waals surface area contributed by atoms with Crippen molar-refractivity contribution in [3.8, 4) is 39.6 Å². The fraction of sp³-hybridized carbons (Fsp3) is 0. The average molecular weight is 748 g/mol. The summed E-state index contributed by atoms with van der Waals surface area (Å²) < 4.78 is 2.28. The topological polar surface area (TPSA) is 30.7 Å². The number of hydrogen-bond donors (Lipinski definition) is 0. The third-order valence-electron chi connectivity index (χ3n) is 12.5. The maximum atomic E-state index is 5.27. The van der Waals surface area contributed by atoms with Gasteiger partial charge in [-0.3, -0.25) is 4.57 Å². The number of hydrogen-bond acceptors (Lipinski definition) is 2. The Balaban J connectivity index is 1.08. The fourth-order valence-electron chi connectivity index (χ4n) is 9.89. The van der Waals surface area contributed by atoms with Gasteiger partial charge in [0.25, 0.3) is 0 Å². The van der Waals surface area contributed by atoms with Gasteiger partial charge in [-0.15, -0.1) is 0 Å². The first-order chi connectivity index (χ1) is 29.2. The summed E-state index contributed by atoms with van der Waals surface area (Å²) in [6.07, 6.45) is 0. The van der Waals surface area contributed by atoms with E-state index >= 15 is 0 Å². The summed E-state index contributed by atoms with van der Waals surface area (Å²) in [5, 5.41) is 17.8. The van der Waals surface area contributed by atoms with Crippen molar-refractivity contribution >= 4 is 86.4 Å². The SMILES string of the molecule is c1ccc(-c2nc(-c3cccc(-c4cc5ccc6cccc7c8cccc9ccc%10cccc(c(c4)c5c67)c%10c98)c3)cc(-n3c4ccccc4c4ccccc43)n2)cc1. The van der Waals surface area contributed by atoms with Crippen LogP contribution in [0.25, 0.3) is 126 Å². The Morgan fingerprint density at radius 3 is 1.42 bits per heavy atom. The molecular weight excluding hydrogens is 715 g/mol. The Morgan fingerprint density at radius 1 is 0.288 bits per heavy atom. The number of aromatic nitrogens is 3. The van der Waals surface area contributed by atoms with Crippen molar-refractivity contribution < 1.29 is 0 Å². The van der Waals surface area contributed by atoms with Gasteiger partial charge in [0.1, 0.15) is 5.82 Å². The Labute approximate surface area is 339 Å². The molecule has 0 atom stereocenters. The van der Waals surface area contributed by atoms with E-state index in [0.717, 1.165) is 39.2 Å². The van der Waals surface area contributed by atoms with Gasteiger partial charge in [0.15, 0.2) is 5.82 Å². The summed E-state index contributed by atoms with van der Waals surface area (Å²) in [7, 11) is 0. The summed E-state index contributed by atoms with van der Waals surface area (Å²) in [4.78, 5) is 10.5. The van der Waals surface area contributed by atoms with E-state index in [1.807, 2.05) is 18.2 Å². The van der Waals surface area contributed by atoms with E-state index in [4.69, 9.17) is 9.97 Å². The van der Waals surface area contributed by atoms with E-state index in [2.05, 4.69) is 187 Å². The molecule has 2 aromatic heterocycles. The molecule has 0 spiro atoms. The lowest BCUT2D eigenvalue weighted by molar-refractivity contribution is 1.05. The van der Waals surface area contributed by atoms with Gasteiger partial charge in [-0.25, -0.2) is 9.97 Å². The van der Waals surface area contributed by atoms with Crippen LogP contribution in [0.5, 0.6) is 0 Å². The Morgan fingerprint density at radius 2 is 0.780 bits per heavy atom. The summed E-state index contributed by atoms with van der Waals surface area (Å²) >= 11 is 0. The molecule has 0 radical (unpaired) electrons. The van der Waals surface area contributed by atoms with Crippen LogP contribution in [0.1, 0.15) is 0 Å². The van der Waals surface area contributed by atoms with Crippen LogP contribution < -0.4 is 0 Å². The van der Waals surface area contributed by atoms with Crippen molar-refractivity contribution in [1.82, 2.24) is 14.5 Å². The molecular formula is C56H33N3. The largest absolute Gasteiger partial charge is 0.294 e. The van der Waals surface area contributed by atoms with E-state index in [9.17, 15) is 0 Å². The molecule has 0 unspecified atom stereocenters. The van der Waals surface area contributed by atoms with Crippen LogP contribution in [0.4, 0.5) is 0 Å². The molecule has 272 valence electrons. The van der Waals surface area contributed by atoms with Crippen LogP contribution in [-0.4, -0.2) is 14.5 Å². The number of para-hydroxylation sites is 2. The second kappa shape index (κ2) is 12.3. The van der Waals surface area contributed by atoms with Crippen LogP contribution in [0.3, 0.4) is 0 Å². The van der Waals surface area contributed by atoms with Crippen molar-refractivity contribution in [3.63, 3.8) is 0 Å². The van der Waals surface area contributed by atoms with E-state index in [-0.39, 0.29) is 0 Å². The second-order valence-electron chi connectivity index (χ2n) is 15.7. The first-order valence-corrected chi connectivity index (χ1v) is 20.2. The molecule has 0 aliphatic heterocycles. The summed E-state index contributed by atoms with van der Waals surface area (Å²) in [6.45, 7) is 0. The van der Waals surface area contributed by atoms with Crippen molar-refractivity contribution in [1.29, 1.82) is 0 Å². The molecule has 11 aromatic carbocycles. The van der Waals surface area contributed by atoms with Crippen LogP contribution in [0, 0.1) is 0 Å². The van der Waals surface area contributed by atoms with Gasteiger partial charge in [0.2, 0.25) is 0 Å². The third-order valence-corrected chi connectivity index (χ3v) is 12.5. The first-order valence-electron chi connectivity index (χ1n) is 20.2. The molecule has 0 N–H and O–H groups in total. The van der Waals surface area contributed by atoms with Gasteiger partial charge in [-0.1, -0.05) is 164 Å². The van der Waals surface area contributed by atoms with E-state index in [1.165, 1.54) is 81.0 Å². The Kier molecular flexibility index (Phi) is 6.72. The molecule has 0 amide bonds. The summed E-state index contributed by atoms with van der Waals surface area (Å²) in [6, 6.07) is 72.8. The number of rotatable bonds is 4. The molecule has 0 bridgehead atoms. The minimum atomic E-state index is 0.693. The third kappa shape index (κ3) is 4.76. The molecule has 13 aromatic rings. The maximum Gasteiger partial charge on any atom is 0.162 e. The highest BCUT2D eigenvalue weighted by molar-refractivity contribution is 6.37. The van der Waals surface area contributed by atoms with Crippen LogP contribution >= 0.6 is 0 Å². The highest BCUT2D eigenvalue weighted by atomic mass is 15.1. The predicted molar refractivity (Wildman–Crippen MR) is 249 cm³/mol. The van der Waals surface area contributed by atoms with Gasteiger partial charge < -0.3 is 0 Å². The number of fused-ring (bicyclic) bond motifs is 5. The van der Waals surface area contributed by atoms with Gasteiger partial charge in [-0.05, 0) is 106 Å². The average Bonchev–Trinajstić information content (AvgIpc) is 3.64. The van der Waals surface area contributed by atoms with Gasteiger partial charge in [-0.2, -0.15) is 0 Å². The fourth-order valence-corrected chi connectivity index (χ4v) is 9.89. The van der Waals surface area contributed by atoms with Crippen molar-refractivity contribution in [3.05, 3.63) is 200 Å². The van der Waals surface area contributed by atoms with E-state index < -0.39 is 0 Å². The van der Waals surface area contributed by atoms with Gasteiger partial charge >= 0.3 is 0 Å². The Hall–Kier alpha value is -7.88. The molecule has 2 heterocycles. The molecule has 0 saturated heterocycles. The monoisotopic (exact) mass is 747 g/mol. The molecule has 0 saturated carbocycles. The zero-order valence-corrected chi connectivity index (χ0v) is 31.9. The standard InChI is InChI=1S/C56H33N3/c1-2-12-37(13-3-1)56-57-48(33-51(58-56)59-49-24-6-4-19-42(49)43-20-5-7-25-50(43)59)39-18-8-17-38(30-39)41-31-40-29-28-36-15-10-22-45-44-21-9-14-34-26-27-35-16-11-23-46(54(35)52(34)44)47(32-41)55(40)53(36)45/h1-33H. The van der Waals surface area contributed by atoms with Gasteiger partial charge in [0, 0.05) is 28.0 Å². The molecule has 0 aliphatic rings. The molecule has 0 fully saturated rings. The normalized spacial score (nSPS) is 12.1. The van der Waals surface area contributed by atoms with Crippen LogP contribution in [0.2, 0.25) is 0 Å².